The topological polar surface area (TPSA) is 3.24 Å². The van der Waals surface area contributed by atoms with Gasteiger partial charge in [0, 0.05) is 38.1 Å². The van der Waals surface area contributed by atoms with Crippen LogP contribution in [-0.4, -0.2) is 0 Å². The van der Waals surface area contributed by atoms with Gasteiger partial charge in [0.05, 0.1) is 0 Å². The van der Waals surface area contributed by atoms with Gasteiger partial charge in [-0.25, -0.2) is 0 Å². The van der Waals surface area contributed by atoms with Crippen LogP contribution in [0.3, 0.4) is 0 Å². The molecule has 222 valence electrons. The van der Waals surface area contributed by atoms with Crippen molar-refractivity contribution < 1.29 is 0 Å². The van der Waals surface area contributed by atoms with E-state index in [-0.39, 0.29) is 0 Å². The molecule has 0 aliphatic rings. The molecule has 2 heteroatoms. The predicted octanol–water partition coefficient (Wildman–Crippen LogP) is 13.0. The summed E-state index contributed by atoms with van der Waals surface area (Å²) in [4.78, 5) is 2.45. The Kier molecular flexibility index (Phi) is 6.80. The Morgan fingerprint density at radius 1 is 0.426 bits per heavy atom. The van der Waals surface area contributed by atoms with Gasteiger partial charge in [0.15, 0.2) is 0 Å². The summed E-state index contributed by atoms with van der Waals surface area (Å²) >= 11 is 1.90. The van der Waals surface area contributed by atoms with Crippen LogP contribution in [0.1, 0.15) is 5.56 Å². The van der Waals surface area contributed by atoms with E-state index >= 15 is 0 Å². The maximum atomic E-state index is 2.45. The number of anilines is 2. The number of thiophene rings is 1. The molecule has 1 heterocycles. The molecule has 0 saturated heterocycles. The third-order valence-electron chi connectivity index (χ3n) is 9.35. The predicted molar refractivity (Wildman–Crippen MR) is 204 cm³/mol. The van der Waals surface area contributed by atoms with Crippen molar-refractivity contribution in [2.75, 3.05) is 4.90 Å². The zero-order valence-electron chi connectivity index (χ0n) is 25.8. The van der Waals surface area contributed by atoms with Gasteiger partial charge in [-0.2, -0.15) is 0 Å². The molecule has 0 saturated carbocycles. The molecule has 47 heavy (non-hydrogen) atoms. The van der Waals surface area contributed by atoms with Gasteiger partial charge in [-0.3, -0.25) is 0 Å². The van der Waals surface area contributed by atoms with Gasteiger partial charge in [-0.1, -0.05) is 146 Å². The second kappa shape index (κ2) is 11.6. The van der Waals surface area contributed by atoms with Crippen LogP contribution in [0.4, 0.5) is 11.4 Å². The number of hydrogen-bond acceptors (Lipinski definition) is 2. The largest absolute Gasteiger partial charge is 0.337 e. The van der Waals surface area contributed by atoms with Crippen molar-refractivity contribution in [2.45, 2.75) is 6.54 Å². The molecular formula is C45H31NS. The Balaban J connectivity index is 1.16. The minimum Gasteiger partial charge on any atom is -0.337 e. The summed E-state index contributed by atoms with van der Waals surface area (Å²) in [5.74, 6) is 0. The first kappa shape index (κ1) is 27.6. The second-order valence-electron chi connectivity index (χ2n) is 12.1. The molecule has 0 N–H and O–H groups in total. The zero-order valence-corrected chi connectivity index (χ0v) is 26.6. The fraction of sp³-hybridized carbons (Fsp3) is 0.0222. The zero-order chi connectivity index (χ0) is 31.2. The van der Waals surface area contributed by atoms with Crippen LogP contribution in [0, 0.1) is 0 Å². The van der Waals surface area contributed by atoms with Gasteiger partial charge in [-0.05, 0) is 79.7 Å². The fourth-order valence-electron chi connectivity index (χ4n) is 7.02. The van der Waals surface area contributed by atoms with Gasteiger partial charge >= 0.3 is 0 Å². The summed E-state index contributed by atoms with van der Waals surface area (Å²) in [5.41, 5.74) is 8.65. The molecule has 8 aromatic carbocycles. The van der Waals surface area contributed by atoms with Gasteiger partial charge < -0.3 is 4.90 Å². The van der Waals surface area contributed by atoms with E-state index < -0.39 is 0 Å². The van der Waals surface area contributed by atoms with Crippen molar-refractivity contribution in [3.05, 3.63) is 181 Å². The first-order chi connectivity index (χ1) is 23.3. The molecule has 0 unspecified atom stereocenters. The van der Waals surface area contributed by atoms with Crippen molar-refractivity contribution in [3.8, 4) is 22.3 Å². The number of benzene rings is 8. The summed E-state index contributed by atoms with van der Waals surface area (Å²) in [6.07, 6.45) is 0. The van der Waals surface area contributed by atoms with E-state index in [4.69, 9.17) is 0 Å². The van der Waals surface area contributed by atoms with Crippen LogP contribution < -0.4 is 4.90 Å². The monoisotopic (exact) mass is 617 g/mol. The first-order valence-corrected chi connectivity index (χ1v) is 16.9. The molecule has 0 aliphatic heterocycles. The Labute approximate surface area is 278 Å². The second-order valence-corrected chi connectivity index (χ2v) is 13.2. The maximum absolute atomic E-state index is 2.45. The lowest BCUT2D eigenvalue weighted by atomic mass is 9.97. The third-order valence-corrected chi connectivity index (χ3v) is 10.6. The normalized spacial score (nSPS) is 11.5. The first-order valence-electron chi connectivity index (χ1n) is 16.1. The van der Waals surface area contributed by atoms with E-state index in [1.807, 2.05) is 11.3 Å². The minimum atomic E-state index is 0.751. The molecule has 1 aromatic heterocycles. The van der Waals surface area contributed by atoms with E-state index in [2.05, 4.69) is 181 Å². The molecule has 0 radical (unpaired) electrons. The molecule has 0 fully saturated rings. The highest BCUT2D eigenvalue weighted by atomic mass is 32.1. The summed E-state index contributed by atoms with van der Waals surface area (Å²) in [6, 6.07) is 64.1. The molecule has 0 atom stereocenters. The maximum Gasteiger partial charge on any atom is 0.0487 e. The van der Waals surface area contributed by atoms with Crippen LogP contribution >= 0.6 is 11.3 Å². The lowest BCUT2D eigenvalue weighted by Crippen LogP contribution is -2.17. The lowest BCUT2D eigenvalue weighted by Gasteiger charge is -2.27. The molecule has 9 rings (SSSR count). The van der Waals surface area contributed by atoms with Crippen LogP contribution in [0.25, 0.3) is 64.0 Å². The van der Waals surface area contributed by atoms with Crippen LogP contribution in [-0.2, 0) is 6.54 Å². The van der Waals surface area contributed by atoms with Crippen molar-refractivity contribution in [1.29, 1.82) is 0 Å². The number of rotatable bonds is 6. The lowest BCUT2D eigenvalue weighted by molar-refractivity contribution is 0.978. The van der Waals surface area contributed by atoms with Gasteiger partial charge in [-0.15, -0.1) is 11.3 Å². The van der Waals surface area contributed by atoms with Crippen molar-refractivity contribution >= 4 is 64.4 Å². The third kappa shape index (κ3) is 4.95. The Bertz CT molecular complexity index is 2540. The molecule has 0 aliphatic carbocycles. The molecule has 0 spiro atoms. The van der Waals surface area contributed by atoms with Gasteiger partial charge in [0.1, 0.15) is 0 Å². The van der Waals surface area contributed by atoms with Crippen molar-refractivity contribution in [3.63, 3.8) is 0 Å². The van der Waals surface area contributed by atoms with E-state index in [0.717, 1.165) is 6.54 Å². The average Bonchev–Trinajstić information content (AvgIpc) is 3.54. The van der Waals surface area contributed by atoms with Gasteiger partial charge in [0.2, 0.25) is 0 Å². The Morgan fingerprint density at radius 3 is 1.96 bits per heavy atom. The van der Waals surface area contributed by atoms with Crippen LogP contribution in [0.2, 0.25) is 0 Å². The van der Waals surface area contributed by atoms with E-state index in [0.29, 0.717) is 0 Å². The standard InChI is InChI=1S/C45H31NS/c1-2-12-32(13-3-1)39-17-8-7-16-36(39)30-46(38-27-21-31-11-4-5-15-35(31)29-38)37-25-22-34(23-26-37)40-19-10-20-43-44(40)42-28-24-33-14-6-9-18-41(33)45(42)47-43/h1-29H,30H2. The highest BCUT2D eigenvalue weighted by Crippen LogP contribution is 2.43. The van der Waals surface area contributed by atoms with E-state index in [9.17, 15) is 0 Å². The van der Waals surface area contributed by atoms with Gasteiger partial charge in [0.25, 0.3) is 0 Å². The summed E-state index contributed by atoms with van der Waals surface area (Å²) in [7, 11) is 0. The molecule has 0 amide bonds. The smallest absolute Gasteiger partial charge is 0.0487 e. The Hall–Kier alpha value is -5.70. The number of hydrogen-bond donors (Lipinski definition) is 0. The van der Waals surface area contributed by atoms with Crippen LogP contribution in [0.5, 0.6) is 0 Å². The highest BCUT2D eigenvalue weighted by Gasteiger charge is 2.16. The molecule has 9 aromatic rings. The minimum absolute atomic E-state index is 0.751. The number of fused-ring (bicyclic) bond motifs is 6. The summed E-state index contributed by atoms with van der Waals surface area (Å²) in [6.45, 7) is 0.751. The summed E-state index contributed by atoms with van der Waals surface area (Å²) < 4.78 is 2.69. The molecular weight excluding hydrogens is 587 g/mol. The quantitative estimate of drug-likeness (QED) is 0.179. The van der Waals surface area contributed by atoms with Crippen molar-refractivity contribution in [1.82, 2.24) is 0 Å². The van der Waals surface area contributed by atoms with Crippen LogP contribution in [0.15, 0.2) is 176 Å². The fourth-order valence-corrected chi connectivity index (χ4v) is 8.28. The Morgan fingerprint density at radius 2 is 1.09 bits per heavy atom. The number of nitrogens with zero attached hydrogens (tertiary/aromatic N) is 1. The summed E-state index contributed by atoms with van der Waals surface area (Å²) in [5, 5.41) is 7.79. The molecule has 0 bridgehead atoms. The van der Waals surface area contributed by atoms with Crippen molar-refractivity contribution in [2.24, 2.45) is 0 Å². The molecule has 1 nitrogen and oxygen atoms in total. The average molecular weight is 618 g/mol. The highest BCUT2D eigenvalue weighted by molar-refractivity contribution is 7.26. The SMILES string of the molecule is c1ccc(-c2ccccc2CN(c2ccc(-c3cccc4sc5c6ccccc6ccc5c34)cc2)c2ccc3ccccc3c2)cc1. The van der Waals surface area contributed by atoms with E-state index in [1.165, 1.54) is 80.9 Å². The van der Waals surface area contributed by atoms with E-state index in [1.54, 1.807) is 0 Å².